The lowest BCUT2D eigenvalue weighted by molar-refractivity contribution is -0.0523. The lowest BCUT2D eigenvalue weighted by atomic mass is 9.77. The first-order valence-electron chi connectivity index (χ1n) is 20.6. The van der Waals surface area contributed by atoms with Gasteiger partial charge >= 0.3 is 0 Å². The van der Waals surface area contributed by atoms with Crippen LogP contribution in [0.5, 0.6) is 46.0 Å². The van der Waals surface area contributed by atoms with Crippen molar-refractivity contribution in [1.29, 1.82) is 0 Å². The zero-order valence-corrected chi connectivity index (χ0v) is 35.3. The molecule has 0 aromatic heterocycles. The second kappa shape index (κ2) is 19.5. The smallest absolute Gasteiger partial charge is 0.203 e. The standard InChI is InChI=1S/C53H48O10/c1-56-48-27-41(28-49(57-2)50(48)58-3)51(54)53(55)31-43-45(61-34-38-20-12-6-13-21-38)29-42(59-32-36-16-8-4-9-17-36)30-46(43)63-52(53)40-24-25-44(60-33-37-18-10-5-11-19-37)47(26-40)62-35-39-22-14-7-15-23-39/h4-30,52,55H,31-35H2,1-3H3. The fourth-order valence-corrected chi connectivity index (χ4v) is 7.55. The molecule has 1 N–H and O–H groups in total. The minimum absolute atomic E-state index is 0.113. The Morgan fingerprint density at radius 1 is 0.540 bits per heavy atom. The Kier molecular flexibility index (Phi) is 13.1. The first-order chi connectivity index (χ1) is 30.8. The van der Waals surface area contributed by atoms with E-state index >= 15 is 4.79 Å². The number of rotatable bonds is 18. The molecule has 7 aromatic rings. The number of ether oxygens (including phenoxy) is 8. The maximum Gasteiger partial charge on any atom is 0.203 e. The molecule has 10 heteroatoms. The Bertz CT molecular complexity index is 2590. The van der Waals surface area contributed by atoms with Crippen LogP contribution in [0.25, 0.3) is 0 Å². The van der Waals surface area contributed by atoms with E-state index in [0.29, 0.717) is 45.6 Å². The molecule has 0 radical (unpaired) electrons. The zero-order valence-electron chi connectivity index (χ0n) is 35.3. The van der Waals surface area contributed by atoms with Crippen molar-refractivity contribution >= 4 is 5.78 Å². The number of hydrogen-bond donors (Lipinski definition) is 1. The van der Waals surface area contributed by atoms with Gasteiger partial charge in [-0.1, -0.05) is 127 Å². The molecule has 0 fully saturated rings. The summed E-state index contributed by atoms with van der Waals surface area (Å²) >= 11 is 0. The number of Topliss-reactive ketones (excluding diaryl/α,β-unsaturated/α-hetero) is 1. The molecule has 0 saturated carbocycles. The number of ketones is 1. The van der Waals surface area contributed by atoms with Gasteiger partial charge in [0.1, 0.15) is 43.7 Å². The van der Waals surface area contributed by atoms with Crippen LogP contribution in [0.3, 0.4) is 0 Å². The molecule has 63 heavy (non-hydrogen) atoms. The Labute approximate surface area is 367 Å². The van der Waals surface area contributed by atoms with E-state index < -0.39 is 17.5 Å². The minimum atomic E-state index is -2.22. The lowest BCUT2D eigenvalue weighted by Crippen LogP contribution is -2.51. The fourth-order valence-electron chi connectivity index (χ4n) is 7.55. The summed E-state index contributed by atoms with van der Waals surface area (Å²) in [6.45, 7) is 1.03. The molecule has 0 saturated heterocycles. The van der Waals surface area contributed by atoms with Crippen LogP contribution >= 0.6 is 0 Å². The van der Waals surface area contributed by atoms with Gasteiger partial charge in [0.15, 0.2) is 40.5 Å². The van der Waals surface area contributed by atoms with Crippen molar-refractivity contribution in [3.63, 3.8) is 0 Å². The average Bonchev–Trinajstić information content (AvgIpc) is 3.34. The predicted molar refractivity (Wildman–Crippen MR) is 238 cm³/mol. The lowest BCUT2D eigenvalue weighted by Gasteiger charge is -2.40. The van der Waals surface area contributed by atoms with Crippen LogP contribution < -0.4 is 37.9 Å². The van der Waals surface area contributed by atoms with Gasteiger partial charge in [0, 0.05) is 29.7 Å². The fraction of sp³-hybridized carbons (Fsp3) is 0.189. The van der Waals surface area contributed by atoms with Crippen molar-refractivity contribution in [2.24, 2.45) is 0 Å². The van der Waals surface area contributed by atoms with E-state index in [-0.39, 0.29) is 49.9 Å². The molecule has 10 nitrogen and oxygen atoms in total. The van der Waals surface area contributed by atoms with Gasteiger partial charge in [-0.05, 0) is 52.1 Å². The van der Waals surface area contributed by atoms with Crippen molar-refractivity contribution in [2.45, 2.75) is 44.6 Å². The molecular weight excluding hydrogens is 797 g/mol. The molecule has 8 rings (SSSR count). The molecule has 1 heterocycles. The van der Waals surface area contributed by atoms with Gasteiger partial charge in [-0.2, -0.15) is 0 Å². The van der Waals surface area contributed by atoms with E-state index in [4.69, 9.17) is 37.9 Å². The number of hydrogen-bond acceptors (Lipinski definition) is 10. The normalized spacial score (nSPS) is 15.3. The van der Waals surface area contributed by atoms with Crippen molar-refractivity contribution in [3.8, 4) is 46.0 Å². The molecule has 2 atom stereocenters. The third-order valence-corrected chi connectivity index (χ3v) is 10.8. The van der Waals surface area contributed by atoms with Crippen molar-refractivity contribution in [3.05, 3.63) is 203 Å². The largest absolute Gasteiger partial charge is 0.493 e. The third kappa shape index (κ3) is 9.72. The first-order valence-corrected chi connectivity index (χ1v) is 20.6. The summed E-state index contributed by atoms with van der Waals surface area (Å²) < 4.78 is 49.4. The number of carbonyl (C=O) groups excluding carboxylic acids is 1. The quantitative estimate of drug-likeness (QED) is 0.0838. The number of fused-ring (bicyclic) bond motifs is 1. The topological polar surface area (TPSA) is 111 Å². The summed E-state index contributed by atoms with van der Waals surface area (Å²) in [4.78, 5) is 15.2. The summed E-state index contributed by atoms with van der Waals surface area (Å²) in [6.07, 6.45) is -1.47. The van der Waals surface area contributed by atoms with Crippen molar-refractivity contribution < 1.29 is 47.8 Å². The maximum absolute atomic E-state index is 15.2. The van der Waals surface area contributed by atoms with E-state index in [1.165, 1.54) is 33.5 Å². The second-order valence-corrected chi connectivity index (χ2v) is 15.0. The summed E-state index contributed by atoms with van der Waals surface area (Å²) in [7, 11) is 4.42. The summed E-state index contributed by atoms with van der Waals surface area (Å²) in [5.41, 5.74) is 2.66. The molecule has 0 bridgehead atoms. The van der Waals surface area contributed by atoms with Gasteiger partial charge in [-0.3, -0.25) is 4.79 Å². The monoisotopic (exact) mass is 844 g/mol. The van der Waals surface area contributed by atoms with Crippen LogP contribution in [-0.4, -0.2) is 37.8 Å². The van der Waals surface area contributed by atoms with Gasteiger partial charge < -0.3 is 43.0 Å². The van der Waals surface area contributed by atoms with Crippen molar-refractivity contribution in [2.75, 3.05) is 21.3 Å². The van der Waals surface area contributed by atoms with Gasteiger partial charge in [-0.15, -0.1) is 0 Å². The molecule has 0 amide bonds. The SMILES string of the molecule is COc1cc(C(=O)C2(O)Cc3c(OCc4ccccc4)cc(OCc4ccccc4)cc3OC2c2ccc(OCc3ccccc3)c(OCc3ccccc3)c2)cc(OC)c1OC. The molecule has 0 aliphatic carbocycles. The van der Waals surface area contributed by atoms with E-state index in [0.717, 1.165) is 22.3 Å². The highest BCUT2D eigenvalue weighted by atomic mass is 16.5. The number of carbonyl (C=O) groups is 1. The number of methoxy groups -OCH3 is 3. The predicted octanol–water partition coefficient (Wildman–Crippen LogP) is 10.3. The van der Waals surface area contributed by atoms with Gasteiger partial charge in [0.05, 0.1) is 21.3 Å². The van der Waals surface area contributed by atoms with Gasteiger partial charge in [0.2, 0.25) is 5.75 Å². The van der Waals surface area contributed by atoms with Crippen LogP contribution in [0.15, 0.2) is 164 Å². The Morgan fingerprint density at radius 2 is 1.02 bits per heavy atom. The van der Waals surface area contributed by atoms with Gasteiger partial charge in [-0.25, -0.2) is 0 Å². The molecule has 2 unspecified atom stereocenters. The highest BCUT2D eigenvalue weighted by Crippen LogP contribution is 2.50. The van der Waals surface area contributed by atoms with Crippen LogP contribution in [0.2, 0.25) is 0 Å². The summed E-state index contributed by atoms with van der Waals surface area (Å²) in [5, 5.41) is 13.2. The van der Waals surface area contributed by atoms with Crippen LogP contribution in [0.1, 0.15) is 49.8 Å². The van der Waals surface area contributed by atoms with Crippen LogP contribution in [0, 0.1) is 0 Å². The summed E-state index contributed by atoms with van der Waals surface area (Å²) in [5.74, 6) is 2.29. The highest BCUT2D eigenvalue weighted by Gasteiger charge is 2.51. The minimum Gasteiger partial charge on any atom is -0.493 e. The van der Waals surface area contributed by atoms with E-state index in [2.05, 4.69) is 0 Å². The molecule has 1 aliphatic heterocycles. The van der Waals surface area contributed by atoms with E-state index in [1.807, 2.05) is 121 Å². The first kappa shape index (κ1) is 42.3. The zero-order chi connectivity index (χ0) is 43.6. The van der Waals surface area contributed by atoms with Gasteiger partial charge in [0.25, 0.3) is 0 Å². The van der Waals surface area contributed by atoms with Crippen molar-refractivity contribution in [1.82, 2.24) is 0 Å². The molecule has 0 spiro atoms. The number of benzene rings is 7. The Balaban J connectivity index is 1.24. The van der Waals surface area contributed by atoms with E-state index in [9.17, 15) is 5.11 Å². The van der Waals surface area contributed by atoms with Crippen LogP contribution in [0.4, 0.5) is 0 Å². The molecule has 7 aromatic carbocycles. The molecule has 320 valence electrons. The number of aliphatic hydroxyl groups is 1. The summed E-state index contributed by atoms with van der Waals surface area (Å²) in [6, 6.07) is 51.1. The van der Waals surface area contributed by atoms with E-state index in [1.54, 1.807) is 30.3 Å². The maximum atomic E-state index is 15.2. The third-order valence-electron chi connectivity index (χ3n) is 10.8. The molecular formula is C53H48O10. The highest BCUT2D eigenvalue weighted by molar-refractivity contribution is 6.04. The second-order valence-electron chi connectivity index (χ2n) is 15.0. The average molecular weight is 845 g/mol. The Morgan fingerprint density at radius 3 is 1.51 bits per heavy atom. The van der Waals surface area contributed by atoms with Crippen LogP contribution in [-0.2, 0) is 32.8 Å². The Hall–Kier alpha value is -7.43. The molecule has 1 aliphatic rings.